The number of nitrogens with one attached hydrogen (secondary N) is 1. The smallest absolute Gasteiger partial charge is 0.250 e. The maximum atomic E-state index is 12.2. The van der Waals surface area contributed by atoms with Crippen LogP contribution in [0.25, 0.3) is 0 Å². The molecule has 0 spiro atoms. The number of anilines is 1. The van der Waals surface area contributed by atoms with E-state index in [0.717, 1.165) is 44.3 Å². The molecule has 0 aromatic carbocycles. The van der Waals surface area contributed by atoms with Gasteiger partial charge in [0.1, 0.15) is 0 Å². The second-order valence-electron chi connectivity index (χ2n) is 6.95. The van der Waals surface area contributed by atoms with E-state index in [4.69, 9.17) is 0 Å². The number of hydrogen-bond acceptors (Lipinski definition) is 5. The predicted molar refractivity (Wildman–Crippen MR) is 100 cm³/mol. The van der Waals surface area contributed by atoms with Crippen LogP contribution in [0.3, 0.4) is 0 Å². The Morgan fingerprint density at radius 2 is 2.04 bits per heavy atom. The van der Waals surface area contributed by atoms with E-state index in [9.17, 15) is 4.79 Å². The molecule has 6 heteroatoms. The summed E-state index contributed by atoms with van der Waals surface area (Å²) in [6.45, 7) is 3.71. The number of rotatable bonds is 6. The van der Waals surface area contributed by atoms with Gasteiger partial charge >= 0.3 is 0 Å². The Morgan fingerprint density at radius 1 is 1.28 bits per heavy atom. The number of hydrogen-bond donors (Lipinski definition) is 1. The fraction of sp³-hybridized carbons (Fsp3) is 0.526. The number of aryl methyl sites for hydroxylation is 1. The Labute approximate surface area is 148 Å². The highest BCUT2D eigenvalue weighted by atomic mass is 16.1. The van der Waals surface area contributed by atoms with Gasteiger partial charge in [-0.1, -0.05) is 13.0 Å². The van der Waals surface area contributed by atoms with Gasteiger partial charge in [-0.2, -0.15) is 0 Å². The van der Waals surface area contributed by atoms with Crippen molar-refractivity contribution in [3.8, 4) is 0 Å². The third-order valence-electron chi connectivity index (χ3n) is 4.80. The molecule has 134 valence electrons. The van der Waals surface area contributed by atoms with E-state index in [-0.39, 0.29) is 5.56 Å². The van der Waals surface area contributed by atoms with Gasteiger partial charge < -0.3 is 14.8 Å². The van der Waals surface area contributed by atoms with Crippen LogP contribution >= 0.6 is 0 Å². The van der Waals surface area contributed by atoms with Crippen molar-refractivity contribution in [2.75, 3.05) is 26.0 Å². The third kappa shape index (κ3) is 4.25. The van der Waals surface area contributed by atoms with Crippen molar-refractivity contribution < 1.29 is 0 Å². The molecule has 2 aromatic rings. The van der Waals surface area contributed by atoms with Crippen LogP contribution in [0.15, 0.2) is 29.3 Å². The first kappa shape index (κ1) is 17.6. The maximum absolute atomic E-state index is 12.2. The lowest BCUT2D eigenvalue weighted by Gasteiger charge is -2.28. The van der Waals surface area contributed by atoms with Crippen LogP contribution in [0, 0.1) is 0 Å². The summed E-state index contributed by atoms with van der Waals surface area (Å²) in [4.78, 5) is 23.1. The van der Waals surface area contributed by atoms with Crippen molar-refractivity contribution in [1.29, 1.82) is 0 Å². The molecule has 1 N–H and O–H groups in total. The third-order valence-corrected chi connectivity index (χ3v) is 4.80. The zero-order chi connectivity index (χ0) is 17.8. The minimum absolute atomic E-state index is 0.102. The van der Waals surface area contributed by atoms with E-state index in [0.29, 0.717) is 12.0 Å². The molecule has 0 radical (unpaired) electrons. The molecule has 0 aliphatic heterocycles. The lowest BCUT2D eigenvalue weighted by molar-refractivity contribution is 0.374. The molecule has 1 unspecified atom stereocenters. The summed E-state index contributed by atoms with van der Waals surface area (Å²) in [5.74, 6) is 0.687. The van der Waals surface area contributed by atoms with E-state index in [1.165, 1.54) is 11.3 Å². The lowest BCUT2D eigenvalue weighted by Crippen LogP contribution is -2.35. The van der Waals surface area contributed by atoms with E-state index in [1.54, 1.807) is 6.07 Å². The molecule has 0 saturated carbocycles. The summed E-state index contributed by atoms with van der Waals surface area (Å²) >= 11 is 0. The molecule has 1 aliphatic rings. The molecule has 0 fully saturated rings. The summed E-state index contributed by atoms with van der Waals surface area (Å²) in [6.07, 6.45) is 7.49. The lowest BCUT2D eigenvalue weighted by atomic mass is 9.91. The van der Waals surface area contributed by atoms with Gasteiger partial charge in [-0.25, -0.2) is 9.97 Å². The van der Waals surface area contributed by atoms with Crippen LogP contribution in [0.2, 0.25) is 0 Å². The fourth-order valence-corrected chi connectivity index (χ4v) is 3.29. The molecular formula is C19H27N5O. The first-order valence-corrected chi connectivity index (χ1v) is 9.00. The largest absolute Gasteiger partial charge is 0.351 e. The molecule has 1 atom stereocenters. The maximum Gasteiger partial charge on any atom is 0.250 e. The van der Waals surface area contributed by atoms with Crippen molar-refractivity contribution in [3.63, 3.8) is 0 Å². The van der Waals surface area contributed by atoms with Crippen LogP contribution in [0.1, 0.15) is 30.2 Å². The summed E-state index contributed by atoms with van der Waals surface area (Å²) in [5.41, 5.74) is 3.69. The average Bonchev–Trinajstić information content (AvgIpc) is 2.61. The normalized spacial score (nSPS) is 16.7. The van der Waals surface area contributed by atoms with E-state index < -0.39 is 0 Å². The van der Waals surface area contributed by atoms with Crippen molar-refractivity contribution in [2.24, 2.45) is 0 Å². The Balaban J connectivity index is 1.72. The molecule has 3 rings (SSSR count). The summed E-state index contributed by atoms with van der Waals surface area (Å²) in [6, 6.07) is 3.99. The van der Waals surface area contributed by atoms with Gasteiger partial charge in [0.25, 0.3) is 5.56 Å². The van der Waals surface area contributed by atoms with Gasteiger partial charge in [0, 0.05) is 43.3 Å². The highest BCUT2D eigenvalue weighted by Crippen LogP contribution is 2.22. The van der Waals surface area contributed by atoms with Crippen molar-refractivity contribution in [1.82, 2.24) is 19.4 Å². The topological polar surface area (TPSA) is 63.1 Å². The molecule has 0 amide bonds. The molecule has 6 nitrogen and oxygen atoms in total. The van der Waals surface area contributed by atoms with Gasteiger partial charge in [0.05, 0.1) is 0 Å². The number of nitrogens with zero attached hydrogens (tertiary/aromatic N) is 4. The first-order valence-electron chi connectivity index (χ1n) is 9.00. The summed E-state index contributed by atoms with van der Waals surface area (Å²) in [7, 11) is 4.06. The quantitative estimate of drug-likeness (QED) is 0.867. The van der Waals surface area contributed by atoms with Gasteiger partial charge in [-0.15, -0.1) is 0 Å². The van der Waals surface area contributed by atoms with Crippen molar-refractivity contribution in [3.05, 3.63) is 51.7 Å². The number of pyridine rings is 1. The Hall–Kier alpha value is -2.21. The second kappa shape index (κ2) is 7.78. The first-order chi connectivity index (χ1) is 12.1. The SMILES string of the molecule is CCc1cnc(NC2CCc3c(ccc(=O)n3CCN(C)C)C2)nc1. The highest BCUT2D eigenvalue weighted by molar-refractivity contribution is 5.32. The molecule has 2 heterocycles. The van der Waals surface area contributed by atoms with Crippen LogP contribution in [0.5, 0.6) is 0 Å². The molecular weight excluding hydrogens is 314 g/mol. The van der Waals surface area contributed by atoms with Crippen molar-refractivity contribution in [2.45, 2.75) is 45.2 Å². The monoisotopic (exact) mass is 341 g/mol. The number of fused-ring (bicyclic) bond motifs is 1. The highest BCUT2D eigenvalue weighted by Gasteiger charge is 2.22. The molecule has 0 saturated heterocycles. The van der Waals surface area contributed by atoms with Gasteiger partial charge in [0.2, 0.25) is 5.95 Å². The predicted octanol–water partition coefficient (Wildman–Crippen LogP) is 1.73. The average molecular weight is 341 g/mol. The Kier molecular flexibility index (Phi) is 5.48. The van der Waals surface area contributed by atoms with Crippen LogP contribution in [-0.2, 0) is 25.8 Å². The standard InChI is InChI=1S/C19H27N5O/c1-4-14-12-20-19(21-13-14)22-16-6-7-17-15(11-16)5-8-18(25)24(17)10-9-23(2)3/h5,8,12-13,16H,4,6-7,9-11H2,1-3H3,(H,20,21,22). The molecule has 1 aliphatic carbocycles. The van der Waals surface area contributed by atoms with E-state index >= 15 is 0 Å². The van der Waals surface area contributed by atoms with Gasteiger partial charge in [0.15, 0.2) is 0 Å². The van der Waals surface area contributed by atoms with Crippen LogP contribution < -0.4 is 10.9 Å². The minimum atomic E-state index is 0.102. The van der Waals surface area contributed by atoms with E-state index in [2.05, 4.69) is 27.1 Å². The summed E-state index contributed by atoms with van der Waals surface area (Å²) < 4.78 is 1.94. The zero-order valence-corrected chi connectivity index (χ0v) is 15.3. The van der Waals surface area contributed by atoms with Gasteiger partial charge in [-0.05, 0) is 50.9 Å². The molecule has 25 heavy (non-hydrogen) atoms. The fourth-order valence-electron chi connectivity index (χ4n) is 3.29. The van der Waals surface area contributed by atoms with Gasteiger partial charge in [-0.3, -0.25) is 4.79 Å². The number of aromatic nitrogens is 3. The summed E-state index contributed by atoms with van der Waals surface area (Å²) in [5, 5.41) is 3.44. The van der Waals surface area contributed by atoms with Crippen molar-refractivity contribution >= 4 is 5.95 Å². The number of likely N-dealkylation sites (N-methyl/N-ethyl adjacent to an activating group) is 1. The van der Waals surface area contributed by atoms with Crippen LogP contribution in [0.4, 0.5) is 5.95 Å². The molecule has 2 aromatic heterocycles. The van der Waals surface area contributed by atoms with E-state index in [1.807, 2.05) is 37.1 Å². The molecule has 0 bridgehead atoms. The second-order valence-corrected chi connectivity index (χ2v) is 6.95. The Morgan fingerprint density at radius 3 is 2.72 bits per heavy atom. The van der Waals surface area contributed by atoms with Crippen LogP contribution in [-0.4, -0.2) is 46.1 Å². The minimum Gasteiger partial charge on any atom is -0.351 e. The Bertz CT molecular complexity index is 766. The zero-order valence-electron chi connectivity index (χ0n) is 15.3.